The van der Waals surface area contributed by atoms with Crippen molar-refractivity contribution in [2.75, 3.05) is 5.32 Å². The van der Waals surface area contributed by atoms with Crippen LogP contribution in [0, 0.1) is 9.39 Å². The molecular weight excluding hydrogens is 372 g/mol. The van der Waals surface area contributed by atoms with Crippen LogP contribution in [0.25, 0.3) is 10.9 Å². The van der Waals surface area contributed by atoms with Gasteiger partial charge in [-0.05, 0) is 52.9 Å². The van der Waals surface area contributed by atoms with Crippen LogP contribution in [0.1, 0.15) is 10.4 Å². The normalized spacial score (nSPS) is 10.7. The summed E-state index contributed by atoms with van der Waals surface area (Å²) < 4.78 is 13.7. The maximum absolute atomic E-state index is 13.0. The molecule has 2 N–H and O–H groups in total. The minimum Gasteiger partial charge on any atom is -0.321 e. The lowest BCUT2D eigenvalue weighted by molar-refractivity contribution is 0.102. The summed E-state index contributed by atoms with van der Waals surface area (Å²) in [6, 6.07) is 9.51. The predicted octanol–water partition coefficient (Wildman–Crippen LogP) is 3.56. The average Bonchev–Trinajstić information content (AvgIpc) is 2.89. The lowest BCUT2D eigenvalue weighted by atomic mass is 10.1. The molecule has 0 bridgehead atoms. The van der Waals surface area contributed by atoms with E-state index in [4.69, 9.17) is 0 Å². The Hall–Kier alpha value is -1.96. The molecule has 20 heavy (non-hydrogen) atoms. The van der Waals surface area contributed by atoms with Gasteiger partial charge in [0.2, 0.25) is 0 Å². The van der Waals surface area contributed by atoms with Gasteiger partial charge in [-0.3, -0.25) is 9.89 Å². The molecule has 0 aliphatic rings. The fraction of sp³-hybridized carbons (Fsp3) is 0. The molecule has 3 rings (SSSR count). The maximum atomic E-state index is 13.0. The number of carbonyl (C=O) groups excluding carboxylic acids is 1. The van der Waals surface area contributed by atoms with E-state index in [1.165, 1.54) is 12.1 Å². The zero-order valence-electron chi connectivity index (χ0n) is 10.2. The molecule has 0 aliphatic carbocycles. The van der Waals surface area contributed by atoms with Gasteiger partial charge in [0.25, 0.3) is 5.91 Å². The molecule has 4 nitrogen and oxygen atoms in total. The molecule has 0 atom stereocenters. The van der Waals surface area contributed by atoms with E-state index in [-0.39, 0.29) is 11.7 Å². The fourth-order valence-electron chi connectivity index (χ4n) is 1.86. The molecule has 0 radical (unpaired) electrons. The van der Waals surface area contributed by atoms with Crippen LogP contribution in [0.2, 0.25) is 0 Å². The lowest BCUT2D eigenvalue weighted by Gasteiger charge is -2.07. The molecule has 1 amide bonds. The Labute approximate surface area is 127 Å². The second-order valence-corrected chi connectivity index (χ2v) is 5.41. The first-order valence-corrected chi connectivity index (χ1v) is 6.91. The molecule has 2 aromatic carbocycles. The third kappa shape index (κ3) is 2.51. The first-order valence-electron chi connectivity index (χ1n) is 5.83. The summed E-state index contributed by atoms with van der Waals surface area (Å²) in [7, 11) is 0. The molecule has 0 saturated heterocycles. The van der Waals surface area contributed by atoms with Gasteiger partial charge >= 0.3 is 0 Å². The number of benzene rings is 2. The highest BCUT2D eigenvalue weighted by atomic mass is 127. The van der Waals surface area contributed by atoms with Crippen molar-refractivity contribution in [1.82, 2.24) is 10.2 Å². The van der Waals surface area contributed by atoms with E-state index in [1.807, 2.05) is 28.7 Å². The molecule has 0 aliphatic heterocycles. The summed E-state index contributed by atoms with van der Waals surface area (Å²) >= 11 is 1.98. The Bertz CT molecular complexity index is 800. The molecule has 1 heterocycles. The third-order valence-corrected chi connectivity index (χ3v) is 3.78. The second kappa shape index (κ2) is 5.20. The highest BCUT2D eigenvalue weighted by molar-refractivity contribution is 14.1. The summed E-state index contributed by atoms with van der Waals surface area (Å²) in [6.07, 6.45) is 1.69. The minimum atomic E-state index is -0.328. The molecule has 0 saturated carbocycles. The van der Waals surface area contributed by atoms with Crippen molar-refractivity contribution >= 4 is 45.1 Å². The van der Waals surface area contributed by atoms with Gasteiger partial charge in [0.1, 0.15) is 5.82 Å². The molecule has 6 heteroatoms. The van der Waals surface area contributed by atoms with E-state index in [0.717, 1.165) is 10.9 Å². The lowest BCUT2D eigenvalue weighted by Crippen LogP contribution is -2.12. The van der Waals surface area contributed by atoms with Crippen LogP contribution in [0.3, 0.4) is 0 Å². The van der Waals surface area contributed by atoms with Crippen molar-refractivity contribution in [3.63, 3.8) is 0 Å². The average molecular weight is 381 g/mol. The Morgan fingerprint density at radius 3 is 2.90 bits per heavy atom. The summed E-state index contributed by atoms with van der Waals surface area (Å²) in [6.45, 7) is 0. The zero-order valence-corrected chi connectivity index (χ0v) is 12.3. The summed E-state index contributed by atoms with van der Waals surface area (Å²) in [5.74, 6) is -0.572. The Balaban J connectivity index is 1.88. The molecule has 100 valence electrons. The number of amides is 1. The molecule has 1 aromatic heterocycles. The number of halogens is 2. The summed E-state index contributed by atoms with van der Waals surface area (Å²) in [4.78, 5) is 12.2. The van der Waals surface area contributed by atoms with Crippen LogP contribution in [0.5, 0.6) is 0 Å². The number of nitrogens with zero attached hydrogens (tertiary/aromatic N) is 1. The minimum absolute atomic E-state index is 0.244. The van der Waals surface area contributed by atoms with E-state index in [0.29, 0.717) is 14.8 Å². The fourth-order valence-corrected chi connectivity index (χ4v) is 2.48. The Morgan fingerprint density at radius 2 is 2.10 bits per heavy atom. The van der Waals surface area contributed by atoms with E-state index in [2.05, 4.69) is 15.5 Å². The van der Waals surface area contributed by atoms with Crippen LogP contribution in [0.4, 0.5) is 10.1 Å². The summed E-state index contributed by atoms with van der Waals surface area (Å²) in [5, 5.41) is 10.4. The van der Waals surface area contributed by atoms with Crippen molar-refractivity contribution in [3.8, 4) is 0 Å². The molecule has 0 spiro atoms. The van der Waals surface area contributed by atoms with Gasteiger partial charge in [-0.2, -0.15) is 5.10 Å². The maximum Gasteiger partial charge on any atom is 0.255 e. The van der Waals surface area contributed by atoms with Crippen LogP contribution >= 0.6 is 22.6 Å². The van der Waals surface area contributed by atoms with Crippen LogP contribution < -0.4 is 5.32 Å². The molecular formula is C14H9FIN3O. The Morgan fingerprint density at radius 1 is 1.25 bits per heavy atom. The molecule has 0 unspecified atom stereocenters. The zero-order chi connectivity index (χ0) is 14.1. The summed E-state index contributed by atoms with van der Waals surface area (Å²) in [5.41, 5.74) is 1.90. The molecule has 0 fully saturated rings. The monoisotopic (exact) mass is 381 g/mol. The van der Waals surface area contributed by atoms with E-state index in [9.17, 15) is 9.18 Å². The third-order valence-electron chi connectivity index (χ3n) is 2.88. The first-order chi connectivity index (χ1) is 9.63. The second-order valence-electron chi connectivity index (χ2n) is 4.25. The van der Waals surface area contributed by atoms with E-state index >= 15 is 0 Å². The first kappa shape index (κ1) is 13.0. The van der Waals surface area contributed by atoms with Crippen molar-refractivity contribution < 1.29 is 9.18 Å². The van der Waals surface area contributed by atoms with Crippen LogP contribution in [-0.4, -0.2) is 16.1 Å². The van der Waals surface area contributed by atoms with Crippen molar-refractivity contribution in [1.29, 1.82) is 0 Å². The Kier molecular flexibility index (Phi) is 3.39. The predicted molar refractivity (Wildman–Crippen MR) is 83.2 cm³/mol. The van der Waals surface area contributed by atoms with Gasteiger partial charge in [-0.15, -0.1) is 0 Å². The van der Waals surface area contributed by atoms with Gasteiger partial charge in [0.15, 0.2) is 0 Å². The van der Waals surface area contributed by atoms with Crippen LogP contribution in [0.15, 0.2) is 42.6 Å². The number of carbonyl (C=O) groups is 1. The number of fused-ring (bicyclic) bond motifs is 1. The topological polar surface area (TPSA) is 57.8 Å². The number of hydrogen-bond donors (Lipinski definition) is 2. The number of aromatic amines is 1. The van der Waals surface area contributed by atoms with Gasteiger partial charge in [0.05, 0.1) is 17.4 Å². The van der Waals surface area contributed by atoms with E-state index in [1.54, 1.807) is 24.4 Å². The van der Waals surface area contributed by atoms with Crippen LogP contribution in [-0.2, 0) is 0 Å². The van der Waals surface area contributed by atoms with Gasteiger partial charge in [-0.25, -0.2) is 4.39 Å². The number of nitrogens with one attached hydrogen (secondary N) is 2. The standard InChI is InChI=1S/C14H9FIN3O/c15-10-3-4-12(11(16)6-10)18-14(20)8-1-2-9-7-17-19-13(9)5-8/h1-7H,(H,17,19)(H,18,20). The SMILES string of the molecule is O=C(Nc1ccc(F)cc1I)c1ccc2cn[nH]c2c1. The highest BCUT2D eigenvalue weighted by Crippen LogP contribution is 2.20. The quantitative estimate of drug-likeness (QED) is 0.667. The largest absolute Gasteiger partial charge is 0.321 e. The van der Waals surface area contributed by atoms with Gasteiger partial charge in [-0.1, -0.05) is 6.07 Å². The number of hydrogen-bond acceptors (Lipinski definition) is 2. The smallest absolute Gasteiger partial charge is 0.255 e. The van der Waals surface area contributed by atoms with Gasteiger partial charge in [0, 0.05) is 14.5 Å². The van der Waals surface area contributed by atoms with Crippen molar-refractivity contribution in [3.05, 3.63) is 57.5 Å². The number of rotatable bonds is 2. The van der Waals surface area contributed by atoms with Gasteiger partial charge < -0.3 is 5.32 Å². The van der Waals surface area contributed by atoms with E-state index < -0.39 is 0 Å². The van der Waals surface area contributed by atoms with Crippen molar-refractivity contribution in [2.24, 2.45) is 0 Å². The van der Waals surface area contributed by atoms with Crippen molar-refractivity contribution in [2.45, 2.75) is 0 Å². The number of aromatic nitrogens is 2. The number of H-pyrrole nitrogens is 1. The highest BCUT2D eigenvalue weighted by Gasteiger charge is 2.10. The number of anilines is 1. The molecule has 3 aromatic rings.